The van der Waals surface area contributed by atoms with Gasteiger partial charge in [-0.05, 0) is 51.1 Å². The fraction of sp³-hybridized carbons (Fsp3) is 0.227. The van der Waals surface area contributed by atoms with Crippen LogP contribution in [0.1, 0.15) is 19.5 Å². The van der Waals surface area contributed by atoms with Gasteiger partial charge in [-0.15, -0.1) is 0 Å². The Morgan fingerprint density at radius 2 is 1.82 bits per heavy atom. The molecule has 0 aliphatic carbocycles. The predicted molar refractivity (Wildman–Crippen MR) is 114 cm³/mol. The lowest BCUT2D eigenvalue weighted by molar-refractivity contribution is -0.115. The first-order valence-electron chi connectivity index (χ1n) is 9.16. The summed E-state index contributed by atoms with van der Waals surface area (Å²) in [6.07, 6.45) is 0. The van der Waals surface area contributed by atoms with Crippen LogP contribution in [0.4, 0.5) is 5.69 Å². The Labute approximate surface area is 169 Å². The lowest BCUT2D eigenvalue weighted by atomic mass is 10.1. The maximum atomic E-state index is 12.5. The third kappa shape index (κ3) is 5.33. The second-order valence-electron chi connectivity index (χ2n) is 6.25. The Kier molecular flexibility index (Phi) is 6.66. The summed E-state index contributed by atoms with van der Waals surface area (Å²) in [7, 11) is 0. The van der Waals surface area contributed by atoms with Crippen LogP contribution in [-0.2, 0) is 4.79 Å². The quantitative estimate of drug-likeness (QED) is 0.453. The molecule has 1 amide bonds. The van der Waals surface area contributed by atoms with Gasteiger partial charge >= 0.3 is 0 Å². The minimum Gasteiger partial charge on any atom is -0.494 e. The van der Waals surface area contributed by atoms with Crippen molar-refractivity contribution < 1.29 is 9.53 Å². The van der Waals surface area contributed by atoms with Gasteiger partial charge < -0.3 is 10.1 Å². The zero-order valence-electron chi connectivity index (χ0n) is 16.2. The van der Waals surface area contributed by atoms with Crippen LogP contribution in [0.15, 0.2) is 65.8 Å². The molecule has 0 spiro atoms. The van der Waals surface area contributed by atoms with E-state index < -0.39 is 0 Å². The topological polar surface area (TPSA) is 64.1 Å². The Morgan fingerprint density at radius 1 is 1.11 bits per heavy atom. The minimum atomic E-state index is -0.336. The number of amides is 1. The van der Waals surface area contributed by atoms with E-state index in [9.17, 15) is 4.79 Å². The number of aryl methyl sites for hydroxylation is 1. The number of hydrogen-bond donors (Lipinski definition) is 1. The zero-order valence-corrected chi connectivity index (χ0v) is 17.0. The molecule has 28 heavy (non-hydrogen) atoms. The van der Waals surface area contributed by atoms with Gasteiger partial charge in [0.05, 0.1) is 17.6 Å². The zero-order chi connectivity index (χ0) is 19.9. The van der Waals surface area contributed by atoms with Gasteiger partial charge in [0, 0.05) is 16.9 Å². The van der Waals surface area contributed by atoms with Crippen molar-refractivity contribution in [1.82, 2.24) is 9.97 Å². The van der Waals surface area contributed by atoms with Gasteiger partial charge in [-0.3, -0.25) is 4.79 Å². The second-order valence-corrected chi connectivity index (χ2v) is 7.56. The van der Waals surface area contributed by atoms with Crippen molar-refractivity contribution in [3.05, 3.63) is 66.4 Å². The number of thioether (sulfide) groups is 1. The fourth-order valence-corrected chi connectivity index (χ4v) is 3.44. The van der Waals surface area contributed by atoms with Crippen molar-refractivity contribution in [2.24, 2.45) is 0 Å². The van der Waals surface area contributed by atoms with Gasteiger partial charge in [0.25, 0.3) is 0 Å². The molecule has 0 fully saturated rings. The van der Waals surface area contributed by atoms with Crippen LogP contribution >= 0.6 is 11.8 Å². The highest BCUT2D eigenvalue weighted by Gasteiger charge is 2.17. The highest BCUT2D eigenvalue weighted by molar-refractivity contribution is 8.00. The smallest absolute Gasteiger partial charge is 0.237 e. The number of benzene rings is 2. The van der Waals surface area contributed by atoms with Crippen LogP contribution in [0.3, 0.4) is 0 Å². The van der Waals surface area contributed by atoms with Gasteiger partial charge in [-0.2, -0.15) is 0 Å². The molecule has 0 saturated heterocycles. The first-order valence-corrected chi connectivity index (χ1v) is 10.0. The number of carbonyl (C=O) groups is 1. The lowest BCUT2D eigenvalue weighted by Gasteiger charge is -2.13. The molecule has 3 aromatic rings. The highest BCUT2D eigenvalue weighted by Crippen LogP contribution is 2.25. The highest BCUT2D eigenvalue weighted by atomic mass is 32.2. The molecule has 144 valence electrons. The van der Waals surface area contributed by atoms with Crippen LogP contribution in [0, 0.1) is 6.92 Å². The van der Waals surface area contributed by atoms with E-state index >= 15 is 0 Å². The Hall–Kier alpha value is -2.86. The van der Waals surface area contributed by atoms with E-state index in [2.05, 4.69) is 15.3 Å². The molecule has 3 rings (SSSR count). The van der Waals surface area contributed by atoms with Crippen molar-refractivity contribution in [3.63, 3.8) is 0 Å². The van der Waals surface area contributed by atoms with E-state index in [-0.39, 0.29) is 11.2 Å². The molecule has 2 aromatic carbocycles. The Morgan fingerprint density at radius 3 is 2.50 bits per heavy atom. The molecule has 1 heterocycles. The number of carbonyl (C=O) groups excluding carboxylic acids is 1. The number of nitrogens with zero attached hydrogens (tertiary/aromatic N) is 2. The van der Waals surface area contributed by atoms with Crippen LogP contribution in [0.25, 0.3) is 11.3 Å². The van der Waals surface area contributed by atoms with Crippen molar-refractivity contribution in [2.75, 3.05) is 11.9 Å². The minimum absolute atomic E-state index is 0.0967. The van der Waals surface area contributed by atoms with Crippen molar-refractivity contribution in [2.45, 2.75) is 31.2 Å². The normalized spacial score (nSPS) is 11.7. The van der Waals surface area contributed by atoms with Crippen LogP contribution in [0.2, 0.25) is 0 Å². The first-order chi connectivity index (χ1) is 13.5. The number of hydrogen-bond acceptors (Lipinski definition) is 5. The van der Waals surface area contributed by atoms with E-state index in [1.807, 2.05) is 81.4 Å². The van der Waals surface area contributed by atoms with Crippen LogP contribution in [-0.4, -0.2) is 27.7 Å². The van der Waals surface area contributed by atoms with Gasteiger partial charge in [0.2, 0.25) is 5.91 Å². The molecule has 0 radical (unpaired) electrons. The fourth-order valence-electron chi connectivity index (χ4n) is 2.61. The Bertz CT molecular complexity index is 930. The molecular formula is C22H23N3O2S. The number of nitrogens with one attached hydrogen (secondary N) is 1. The van der Waals surface area contributed by atoms with E-state index in [0.29, 0.717) is 11.8 Å². The first kappa shape index (κ1) is 19.9. The molecule has 5 nitrogen and oxygen atoms in total. The summed E-state index contributed by atoms with van der Waals surface area (Å²) in [4.78, 5) is 21.6. The lowest BCUT2D eigenvalue weighted by Crippen LogP contribution is -2.22. The van der Waals surface area contributed by atoms with E-state index in [4.69, 9.17) is 4.74 Å². The summed E-state index contributed by atoms with van der Waals surface area (Å²) in [5, 5.41) is 3.18. The number of anilines is 1. The maximum Gasteiger partial charge on any atom is 0.237 e. The van der Waals surface area contributed by atoms with Gasteiger partial charge in [0.15, 0.2) is 5.16 Å². The third-order valence-corrected chi connectivity index (χ3v) is 4.95. The van der Waals surface area contributed by atoms with Gasteiger partial charge in [0.1, 0.15) is 5.75 Å². The molecule has 1 N–H and O–H groups in total. The summed E-state index contributed by atoms with van der Waals surface area (Å²) in [5.74, 6) is 0.685. The Balaban J connectivity index is 1.67. The molecule has 1 aromatic heterocycles. The average molecular weight is 394 g/mol. The molecule has 0 unspecified atom stereocenters. The predicted octanol–water partition coefficient (Wildman–Crippen LogP) is 4.97. The molecule has 0 aliphatic heterocycles. The van der Waals surface area contributed by atoms with Crippen LogP contribution in [0.5, 0.6) is 5.75 Å². The van der Waals surface area contributed by atoms with Crippen molar-refractivity contribution >= 4 is 23.4 Å². The van der Waals surface area contributed by atoms with Crippen molar-refractivity contribution in [1.29, 1.82) is 0 Å². The molecule has 0 aliphatic rings. The standard InChI is InChI=1S/C22H23N3O2S/c1-4-27-19-12-10-18(11-13-19)24-21(26)16(3)28-22-23-15(2)14-20(25-22)17-8-6-5-7-9-17/h5-14,16H,4H2,1-3H3,(H,24,26)/t16-/m1/s1. The summed E-state index contributed by atoms with van der Waals surface area (Å²) in [5.41, 5.74) is 3.49. The summed E-state index contributed by atoms with van der Waals surface area (Å²) in [6, 6.07) is 19.2. The molecular weight excluding hydrogens is 370 g/mol. The van der Waals surface area contributed by atoms with E-state index in [0.717, 1.165) is 28.4 Å². The molecule has 0 saturated carbocycles. The second kappa shape index (κ2) is 9.37. The maximum absolute atomic E-state index is 12.5. The van der Waals surface area contributed by atoms with Crippen molar-refractivity contribution in [3.8, 4) is 17.0 Å². The van der Waals surface area contributed by atoms with E-state index in [1.54, 1.807) is 0 Å². The number of rotatable bonds is 7. The number of aromatic nitrogens is 2. The van der Waals surface area contributed by atoms with E-state index in [1.165, 1.54) is 11.8 Å². The summed E-state index contributed by atoms with van der Waals surface area (Å²) >= 11 is 1.35. The third-order valence-electron chi connectivity index (χ3n) is 3.99. The summed E-state index contributed by atoms with van der Waals surface area (Å²) < 4.78 is 5.42. The largest absolute Gasteiger partial charge is 0.494 e. The van der Waals surface area contributed by atoms with Crippen LogP contribution < -0.4 is 10.1 Å². The average Bonchev–Trinajstić information content (AvgIpc) is 2.70. The SMILES string of the molecule is CCOc1ccc(NC(=O)[C@@H](C)Sc2nc(C)cc(-c3ccccc3)n2)cc1. The summed E-state index contributed by atoms with van der Waals surface area (Å²) in [6.45, 7) is 6.33. The molecule has 6 heteroatoms. The van der Waals surface area contributed by atoms with Gasteiger partial charge in [-0.1, -0.05) is 42.1 Å². The molecule has 1 atom stereocenters. The van der Waals surface area contributed by atoms with Gasteiger partial charge in [-0.25, -0.2) is 9.97 Å². The molecule has 0 bridgehead atoms. The monoisotopic (exact) mass is 393 g/mol. The number of ether oxygens (including phenoxy) is 1.